The van der Waals surface area contributed by atoms with Gasteiger partial charge in [0.05, 0.1) is 126 Å². The number of nitrogens with two attached hydrogens (primary N) is 7. The minimum Gasteiger partial charge on any atom is -0.383 e. The van der Waals surface area contributed by atoms with Crippen molar-refractivity contribution in [2.45, 2.75) is 134 Å². The fraction of sp³-hybridized carbons (Fsp3) is 1.00. The number of fused-ring (bicyclic) bond motifs is 10. The van der Waals surface area contributed by atoms with Gasteiger partial charge in [-0.15, -0.1) is 0 Å². The molecule has 0 spiro atoms. The minimum absolute atomic E-state index is 0.0467. The summed E-state index contributed by atoms with van der Waals surface area (Å²) in [5.74, 6) is 0. The van der Waals surface area contributed by atoms with Crippen molar-refractivity contribution in [1.82, 2.24) is 0 Å². The molecule has 4 unspecified atom stereocenters. The smallest absolute Gasteiger partial charge is 0.0701 e. The predicted octanol–water partition coefficient (Wildman–Crippen LogP) is 5.73. The van der Waals surface area contributed by atoms with Gasteiger partial charge < -0.3 is 87.5 Å². The van der Waals surface area contributed by atoms with E-state index in [0.29, 0.717) is 197 Å². The van der Waals surface area contributed by atoms with Crippen molar-refractivity contribution in [2.24, 2.45) is 94.3 Å². The summed E-state index contributed by atoms with van der Waals surface area (Å²) in [6.45, 7) is 38.3. The van der Waals surface area contributed by atoms with Crippen LogP contribution >= 0.6 is 0 Å². The lowest BCUT2D eigenvalue weighted by atomic mass is 9.59. The summed E-state index contributed by atoms with van der Waals surface area (Å²) in [5, 5.41) is 0. The topological polar surface area (TPSA) is 274 Å². The molecule has 74 heavy (non-hydrogen) atoms. The van der Waals surface area contributed by atoms with E-state index in [9.17, 15) is 0 Å². The van der Waals surface area contributed by atoms with Crippen LogP contribution in [0.1, 0.15) is 134 Å². The summed E-state index contributed by atoms with van der Waals surface area (Å²) >= 11 is 0. The molecule has 4 atom stereocenters. The summed E-state index contributed by atoms with van der Waals surface area (Å²) in [7, 11) is 1.63. The van der Waals surface area contributed by atoms with Crippen LogP contribution in [-0.2, 0) is 47.4 Å². The Bertz CT molecular complexity index is 1240. The number of methoxy groups -OCH3 is 1. The van der Waals surface area contributed by atoms with E-state index >= 15 is 0 Å². The van der Waals surface area contributed by atoms with Crippen molar-refractivity contribution >= 4 is 0 Å². The van der Waals surface area contributed by atoms with Gasteiger partial charge in [0.15, 0.2) is 0 Å². The number of hydrogen-bond donors (Lipinski definition) is 7. The lowest BCUT2D eigenvalue weighted by Gasteiger charge is -2.50. The molecule has 0 radical (unpaired) electrons. The molecule has 0 aromatic rings. The van der Waals surface area contributed by atoms with Crippen LogP contribution in [0, 0.1) is 54.1 Å². The first-order valence-corrected chi connectivity index (χ1v) is 28.2. The third-order valence-electron chi connectivity index (χ3n) is 14.2. The Morgan fingerprint density at radius 3 is 0.662 bits per heavy atom. The van der Waals surface area contributed by atoms with Crippen molar-refractivity contribution in [3.8, 4) is 0 Å². The third kappa shape index (κ3) is 29.5. The molecular weight excluding hydrogens is 943 g/mol. The second-order valence-electron chi connectivity index (χ2n) is 27.8. The number of hydrogen-bond acceptors (Lipinski definition) is 17. The van der Waals surface area contributed by atoms with Crippen molar-refractivity contribution in [1.29, 1.82) is 0 Å². The zero-order chi connectivity index (χ0) is 56.1. The molecule has 444 valence electrons. The van der Waals surface area contributed by atoms with Crippen LogP contribution in [0.4, 0.5) is 0 Å². The molecule has 2 fully saturated rings. The molecule has 2 bridgehead atoms. The van der Waals surface area contributed by atoms with Gasteiger partial charge in [0, 0.05) is 85.4 Å². The molecule has 0 aromatic carbocycles. The maximum absolute atomic E-state index is 7.01. The molecule has 2 rings (SSSR count). The quantitative estimate of drug-likeness (QED) is 0.115. The first-order valence-electron chi connectivity index (χ1n) is 28.2. The highest BCUT2D eigenvalue weighted by atomic mass is 16.6. The SMILES string of the molecule is CC(C)(C)CC1(CN)COCCOCCOCC(CN)(CC(C)(C)C)CC2(CN)COCCOCCOCC(CN)(C1)CC(CN)(CC(C)(C)C)COCCOCCOCC(CN)(CC(C)(C)C)C2.COCCN. The molecule has 0 aromatic heterocycles. The monoisotopic (exact) mass is 1060 g/mol. The van der Waals surface area contributed by atoms with Gasteiger partial charge in [-0.1, -0.05) is 83.1 Å². The average molecular weight is 1060 g/mol. The van der Waals surface area contributed by atoms with Gasteiger partial charge in [-0.3, -0.25) is 0 Å². The standard InChI is InChI=1S/C54H112N6O9.C3H9NO/c1-45(2,3)25-49(33-55)29-53(37-59)30-50(34-56,26-46(4,5)6)40-65-21-15-62-16-22-67-42-52(36-58,28-48(10,11)12)32-54(38-60,44-69-24-18-63-17-23-68-43-53)31-51(35-57,27-47(7,8)9)41-66-20-14-61-13-19-64-39-49;1-5-3-2-4/h13-44,55-60H2,1-12H3;2-4H2,1H3. The summed E-state index contributed by atoms with van der Waals surface area (Å²) in [6.07, 6.45) is 6.05. The van der Waals surface area contributed by atoms with Crippen LogP contribution in [0.2, 0.25) is 0 Å². The lowest BCUT2D eigenvalue weighted by Crippen LogP contribution is -2.52. The first-order chi connectivity index (χ1) is 34.6. The number of rotatable bonds is 12. The van der Waals surface area contributed by atoms with E-state index in [2.05, 4.69) is 87.8 Å². The summed E-state index contributed by atoms with van der Waals surface area (Å²) in [5.41, 5.74) is 43.7. The normalized spacial score (nSPS) is 31.1. The highest BCUT2D eigenvalue weighted by Gasteiger charge is 2.50. The van der Waals surface area contributed by atoms with Gasteiger partial charge in [0.1, 0.15) is 0 Å². The fourth-order valence-corrected chi connectivity index (χ4v) is 12.8. The maximum atomic E-state index is 7.01. The predicted molar refractivity (Wildman–Crippen MR) is 302 cm³/mol. The highest BCUT2D eigenvalue weighted by Crippen LogP contribution is 2.51. The Morgan fingerprint density at radius 1 is 0.311 bits per heavy atom. The molecule has 2 aliphatic rings. The van der Waals surface area contributed by atoms with E-state index in [1.165, 1.54) is 0 Å². The number of ether oxygens (including phenoxy) is 10. The molecule has 2 heterocycles. The van der Waals surface area contributed by atoms with Crippen molar-refractivity contribution in [3.63, 3.8) is 0 Å². The van der Waals surface area contributed by atoms with Crippen molar-refractivity contribution in [2.75, 3.05) is 178 Å². The van der Waals surface area contributed by atoms with Crippen LogP contribution in [0.3, 0.4) is 0 Å². The summed E-state index contributed by atoms with van der Waals surface area (Å²) in [4.78, 5) is 0. The van der Waals surface area contributed by atoms with Crippen molar-refractivity contribution in [3.05, 3.63) is 0 Å². The van der Waals surface area contributed by atoms with E-state index in [1.807, 2.05) is 0 Å². The largest absolute Gasteiger partial charge is 0.383 e. The van der Waals surface area contributed by atoms with E-state index in [0.717, 1.165) is 25.7 Å². The van der Waals surface area contributed by atoms with Crippen LogP contribution in [0.15, 0.2) is 0 Å². The van der Waals surface area contributed by atoms with E-state index < -0.39 is 32.5 Å². The molecule has 14 N–H and O–H groups in total. The molecule has 17 nitrogen and oxygen atoms in total. The Labute approximate surface area is 453 Å². The second kappa shape index (κ2) is 34.5. The molecule has 17 heteroatoms. The van der Waals surface area contributed by atoms with E-state index in [1.54, 1.807) is 7.11 Å². The van der Waals surface area contributed by atoms with Gasteiger partial charge in [-0.05, 0) is 73.0 Å². The van der Waals surface area contributed by atoms with Gasteiger partial charge in [0.25, 0.3) is 0 Å². The zero-order valence-electron chi connectivity index (χ0n) is 50.2. The second-order valence-corrected chi connectivity index (χ2v) is 27.8. The van der Waals surface area contributed by atoms with E-state index in [-0.39, 0.29) is 21.7 Å². The first kappa shape index (κ1) is 71.3. The van der Waals surface area contributed by atoms with Crippen LogP contribution in [-0.4, -0.2) is 178 Å². The van der Waals surface area contributed by atoms with Gasteiger partial charge in [-0.25, -0.2) is 0 Å². The molecular formula is C57H121N7O10. The summed E-state index contributed by atoms with van der Waals surface area (Å²) in [6, 6.07) is 0. The molecule has 2 aliphatic heterocycles. The maximum Gasteiger partial charge on any atom is 0.0701 e. The van der Waals surface area contributed by atoms with Crippen LogP contribution < -0.4 is 40.1 Å². The lowest BCUT2D eigenvalue weighted by molar-refractivity contribution is -0.0961. The van der Waals surface area contributed by atoms with Crippen LogP contribution in [0.5, 0.6) is 0 Å². The van der Waals surface area contributed by atoms with Gasteiger partial charge in [0.2, 0.25) is 0 Å². The average Bonchev–Trinajstić information content (AvgIpc) is 3.29. The Morgan fingerprint density at radius 2 is 0.514 bits per heavy atom. The molecule has 0 aliphatic carbocycles. The molecule has 2 saturated heterocycles. The Kier molecular flexibility index (Phi) is 33.2. The van der Waals surface area contributed by atoms with Crippen LogP contribution in [0.25, 0.3) is 0 Å². The Hall–Kier alpha value is -0.680. The molecule has 0 amide bonds. The zero-order valence-corrected chi connectivity index (χ0v) is 50.2. The van der Waals surface area contributed by atoms with Gasteiger partial charge in [-0.2, -0.15) is 0 Å². The Balaban J connectivity index is 0.00000520. The minimum atomic E-state index is -0.517. The summed E-state index contributed by atoms with van der Waals surface area (Å²) < 4.78 is 62.7. The van der Waals surface area contributed by atoms with E-state index in [4.69, 9.17) is 82.8 Å². The van der Waals surface area contributed by atoms with Gasteiger partial charge >= 0.3 is 0 Å². The third-order valence-corrected chi connectivity index (χ3v) is 14.2. The highest BCUT2D eigenvalue weighted by molar-refractivity contribution is 5.01. The fourth-order valence-electron chi connectivity index (χ4n) is 12.8. The van der Waals surface area contributed by atoms with Crippen molar-refractivity contribution < 1.29 is 47.4 Å². The molecule has 0 saturated carbocycles.